The Morgan fingerprint density at radius 1 is 1.38 bits per heavy atom. The highest BCUT2D eigenvalue weighted by molar-refractivity contribution is 5.34. The Balaban J connectivity index is 2.73. The van der Waals surface area contributed by atoms with Crippen molar-refractivity contribution in [3.63, 3.8) is 0 Å². The summed E-state index contributed by atoms with van der Waals surface area (Å²) in [5.41, 5.74) is 8.11. The van der Waals surface area contributed by atoms with E-state index in [0.29, 0.717) is 0 Å². The minimum Gasteiger partial charge on any atom is -0.497 e. The highest BCUT2D eigenvalue weighted by Gasteiger charge is 1.99. The predicted octanol–water partition coefficient (Wildman–Crippen LogP) is 1.89. The number of aryl methyl sites for hydroxylation is 2. The molecule has 0 fully saturated rings. The molecule has 0 saturated carbocycles. The zero-order valence-corrected chi connectivity index (χ0v) is 8.34. The molecule has 2 heteroatoms. The van der Waals surface area contributed by atoms with E-state index < -0.39 is 0 Å². The summed E-state index contributed by atoms with van der Waals surface area (Å²) in [4.78, 5) is 0. The van der Waals surface area contributed by atoms with E-state index in [2.05, 4.69) is 19.1 Å². The number of hydrogen-bond acceptors (Lipinski definition) is 2. The second kappa shape index (κ2) is 4.87. The Bertz CT molecular complexity index is 271. The Morgan fingerprint density at radius 3 is 2.69 bits per heavy atom. The maximum Gasteiger partial charge on any atom is 0.119 e. The van der Waals surface area contributed by atoms with Gasteiger partial charge in [-0.05, 0) is 49.6 Å². The molecule has 2 nitrogen and oxygen atoms in total. The largest absolute Gasteiger partial charge is 0.497 e. The van der Waals surface area contributed by atoms with Crippen LogP contribution in [-0.2, 0) is 6.42 Å². The van der Waals surface area contributed by atoms with E-state index in [0.717, 1.165) is 25.1 Å². The fourth-order valence-electron chi connectivity index (χ4n) is 1.37. The molecule has 0 unspecified atom stereocenters. The van der Waals surface area contributed by atoms with Gasteiger partial charge in [0.2, 0.25) is 0 Å². The number of ether oxygens (including phenoxy) is 1. The van der Waals surface area contributed by atoms with Crippen molar-refractivity contribution >= 4 is 0 Å². The van der Waals surface area contributed by atoms with Gasteiger partial charge in [0.05, 0.1) is 7.11 Å². The Kier molecular flexibility index (Phi) is 3.77. The first-order valence-corrected chi connectivity index (χ1v) is 4.61. The van der Waals surface area contributed by atoms with Crippen LogP contribution in [0.25, 0.3) is 0 Å². The molecule has 0 bridgehead atoms. The molecular formula is C11H17NO. The van der Waals surface area contributed by atoms with Crippen LogP contribution in [0.15, 0.2) is 18.2 Å². The van der Waals surface area contributed by atoms with Gasteiger partial charge in [0, 0.05) is 0 Å². The van der Waals surface area contributed by atoms with Gasteiger partial charge < -0.3 is 10.5 Å². The van der Waals surface area contributed by atoms with Crippen LogP contribution >= 0.6 is 0 Å². The minimum atomic E-state index is 0.755. The summed E-state index contributed by atoms with van der Waals surface area (Å²) in [5, 5.41) is 0. The van der Waals surface area contributed by atoms with Crippen molar-refractivity contribution < 1.29 is 4.74 Å². The lowest BCUT2D eigenvalue weighted by Crippen LogP contribution is -2.01. The minimum absolute atomic E-state index is 0.755. The van der Waals surface area contributed by atoms with E-state index in [1.807, 2.05) is 6.07 Å². The van der Waals surface area contributed by atoms with Gasteiger partial charge in [-0.25, -0.2) is 0 Å². The van der Waals surface area contributed by atoms with Crippen molar-refractivity contribution in [1.29, 1.82) is 0 Å². The number of nitrogens with two attached hydrogens (primary N) is 1. The van der Waals surface area contributed by atoms with E-state index in [4.69, 9.17) is 10.5 Å². The zero-order chi connectivity index (χ0) is 9.68. The molecule has 0 saturated heterocycles. The smallest absolute Gasteiger partial charge is 0.119 e. The number of benzene rings is 1. The number of rotatable bonds is 4. The van der Waals surface area contributed by atoms with Crippen LogP contribution in [-0.4, -0.2) is 13.7 Å². The molecule has 1 rings (SSSR count). The van der Waals surface area contributed by atoms with Gasteiger partial charge in [0.25, 0.3) is 0 Å². The van der Waals surface area contributed by atoms with Crippen LogP contribution in [0.2, 0.25) is 0 Å². The second-order valence-corrected chi connectivity index (χ2v) is 3.18. The summed E-state index contributed by atoms with van der Waals surface area (Å²) in [6.07, 6.45) is 2.11. The lowest BCUT2D eigenvalue weighted by molar-refractivity contribution is 0.414. The Hall–Kier alpha value is -1.02. The summed E-state index contributed by atoms with van der Waals surface area (Å²) in [6.45, 7) is 2.86. The summed E-state index contributed by atoms with van der Waals surface area (Å²) in [7, 11) is 1.69. The summed E-state index contributed by atoms with van der Waals surface area (Å²) >= 11 is 0. The van der Waals surface area contributed by atoms with Gasteiger partial charge in [-0.2, -0.15) is 0 Å². The predicted molar refractivity (Wildman–Crippen MR) is 55.1 cm³/mol. The average molecular weight is 179 g/mol. The molecule has 0 aromatic heterocycles. The van der Waals surface area contributed by atoms with Gasteiger partial charge in [-0.15, -0.1) is 0 Å². The third kappa shape index (κ3) is 2.74. The van der Waals surface area contributed by atoms with Gasteiger partial charge in [-0.1, -0.05) is 6.07 Å². The molecule has 0 aliphatic heterocycles. The van der Waals surface area contributed by atoms with E-state index in [-0.39, 0.29) is 0 Å². The first kappa shape index (κ1) is 10.1. The molecule has 0 radical (unpaired) electrons. The first-order valence-electron chi connectivity index (χ1n) is 4.61. The number of methoxy groups -OCH3 is 1. The van der Waals surface area contributed by atoms with Gasteiger partial charge >= 0.3 is 0 Å². The summed E-state index contributed by atoms with van der Waals surface area (Å²) in [6, 6.07) is 6.18. The van der Waals surface area contributed by atoms with Crippen molar-refractivity contribution in [3.8, 4) is 5.75 Å². The fourth-order valence-corrected chi connectivity index (χ4v) is 1.37. The molecule has 0 amide bonds. The lowest BCUT2D eigenvalue weighted by Gasteiger charge is -2.06. The first-order chi connectivity index (χ1) is 6.27. The molecule has 0 atom stereocenters. The van der Waals surface area contributed by atoms with Crippen LogP contribution in [0.4, 0.5) is 0 Å². The lowest BCUT2D eigenvalue weighted by atomic mass is 10.0. The van der Waals surface area contributed by atoms with Crippen LogP contribution in [0, 0.1) is 6.92 Å². The van der Waals surface area contributed by atoms with Crippen LogP contribution in [0.3, 0.4) is 0 Å². The van der Waals surface area contributed by atoms with Gasteiger partial charge in [0.15, 0.2) is 0 Å². The van der Waals surface area contributed by atoms with E-state index in [9.17, 15) is 0 Å². The zero-order valence-electron chi connectivity index (χ0n) is 8.34. The standard InChI is InChI=1S/C11H17NO/c1-9-8-11(13-2)6-5-10(9)4-3-7-12/h5-6,8H,3-4,7,12H2,1-2H3. The highest BCUT2D eigenvalue weighted by Crippen LogP contribution is 2.17. The van der Waals surface area contributed by atoms with Crippen LogP contribution in [0.5, 0.6) is 5.75 Å². The molecule has 0 spiro atoms. The average Bonchev–Trinajstić information content (AvgIpc) is 2.16. The molecule has 0 heterocycles. The van der Waals surface area contributed by atoms with Crippen molar-refractivity contribution in [3.05, 3.63) is 29.3 Å². The van der Waals surface area contributed by atoms with Crippen molar-refractivity contribution in [2.75, 3.05) is 13.7 Å². The fraction of sp³-hybridized carbons (Fsp3) is 0.455. The maximum atomic E-state index is 5.46. The second-order valence-electron chi connectivity index (χ2n) is 3.18. The van der Waals surface area contributed by atoms with Gasteiger partial charge in [-0.3, -0.25) is 0 Å². The molecule has 13 heavy (non-hydrogen) atoms. The molecule has 72 valence electrons. The van der Waals surface area contributed by atoms with E-state index >= 15 is 0 Å². The number of hydrogen-bond donors (Lipinski definition) is 1. The molecule has 1 aromatic carbocycles. The Morgan fingerprint density at radius 2 is 2.15 bits per heavy atom. The van der Waals surface area contributed by atoms with E-state index in [1.54, 1.807) is 7.11 Å². The van der Waals surface area contributed by atoms with Crippen molar-refractivity contribution in [1.82, 2.24) is 0 Å². The summed E-state index contributed by atoms with van der Waals surface area (Å²) in [5.74, 6) is 0.925. The SMILES string of the molecule is COc1ccc(CCCN)c(C)c1. The molecular weight excluding hydrogens is 162 g/mol. The third-order valence-electron chi connectivity index (χ3n) is 2.20. The van der Waals surface area contributed by atoms with E-state index in [1.165, 1.54) is 11.1 Å². The topological polar surface area (TPSA) is 35.2 Å². The molecule has 0 aliphatic rings. The van der Waals surface area contributed by atoms with Crippen molar-refractivity contribution in [2.24, 2.45) is 5.73 Å². The van der Waals surface area contributed by atoms with Gasteiger partial charge in [0.1, 0.15) is 5.75 Å². The monoisotopic (exact) mass is 179 g/mol. The van der Waals surface area contributed by atoms with Crippen molar-refractivity contribution in [2.45, 2.75) is 19.8 Å². The quantitative estimate of drug-likeness (QED) is 0.766. The maximum absolute atomic E-state index is 5.46. The normalized spacial score (nSPS) is 10.1. The van der Waals surface area contributed by atoms with Crippen LogP contribution < -0.4 is 10.5 Å². The van der Waals surface area contributed by atoms with Crippen LogP contribution in [0.1, 0.15) is 17.5 Å². The summed E-state index contributed by atoms with van der Waals surface area (Å²) < 4.78 is 5.13. The molecule has 2 N–H and O–H groups in total. The molecule has 1 aromatic rings. The molecule has 0 aliphatic carbocycles. The Labute approximate surface area is 79.7 Å². The third-order valence-corrected chi connectivity index (χ3v) is 2.20. The highest BCUT2D eigenvalue weighted by atomic mass is 16.5.